The van der Waals surface area contributed by atoms with E-state index in [1.54, 1.807) is 0 Å². The van der Waals surface area contributed by atoms with Gasteiger partial charge in [0.15, 0.2) is 0 Å². The molecule has 1 unspecified atom stereocenters. The summed E-state index contributed by atoms with van der Waals surface area (Å²) in [4.78, 5) is 10.5. The zero-order valence-electron chi connectivity index (χ0n) is 6.99. The second-order valence-electron chi connectivity index (χ2n) is 2.54. The summed E-state index contributed by atoms with van der Waals surface area (Å²) in [5.74, 6) is -0.432. The van der Waals surface area contributed by atoms with Crippen LogP contribution >= 0.6 is 0 Å². The first-order valence-corrected chi connectivity index (χ1v) is 5.98. The average molecular weight is 179 g/mol. The van der Waals surface area contributed by atoms with Crippen molar-refractivity contribution >= 4 is 20.2 Å². The number of carbonyl (C=O) groups excluding carboxylic acids is 1. The first kappa shape index (κ1) is 9.00. The molecule has 0 saturated carbocycles. The van der Waals surface area contributed by atoms with E-state index in [1.165, 1.54) is 0 Å². The molecule has 0 fully saturated rings. The van der Waals surface area contributed by atoms with Gasteiger partial charge in [-0.05, 0) is 11.7 Å². The Morgan fingerprint density at radius 1 is 1.42 bits per heavy atom. The fourth-order valence-electron chi connectivity index (χ4n) is 0.989. The maximum absolute atomic E-state index is 10.5. The van der Waals surface area contributed by atoms with Crippen molar-refractivity contribution in [2.75, 3.05) is 0 Å². The molecule has 0 heterocycles. The van der Waals surface area contributed by atoms with Gasteiger partial charge in [0, 0.05) is 0 Å². The number of hydrogen-bond donors (Lipinski definition) is 0. The van der Waals surface area contributed by atoms with Crippen LogP contribution in [-0.4, -0.2) is 15.0 Å². The van der Waals surface area contributed by atoms with Gasteiger partial charge in [0.25, 0.3) is 15.0 Å². The first-order valence-electron chi connectivity index (χ1n) is 3.77. The molecule has 1 aromatic carbocycles. The molecule has 0 aromatic heterocycles. The van der Waals surface area contributed by atoms with Crippen molar-refractivity contribution in [3.63, 3.8) is 0 Å². The molecule has 0 amide bonds. The molecule has 0 spiro atoms. The Balaban J connectivity index is 2.65. The fraction of sp³-hybridized carbons (Fsp3) is 0.111. The Hall–Kier alpha value is -1.09. The lowest BCUT2D eigenvalue weighted by Crippen LogP contribution is -2.31. The van der Waals surface area contributed by atoms with Crippen LogP contribution in [0.15, 0.2) is 30.3 Å². The molecule has 1 atom stereocenters. The van der Waals surface area contributed by atoms with Crippen LogP contribution in [0.1, 0.15) is 0 Å². The normalized spacial score (nSPS) is 12.2. The lowest BCUT2D eigenvalue weighted by atomic mass is 10.4. The molecule has 2 nitrogen and oxygen atoms in total. The first-order chi connectivity index (χ1) is 5.70. The molecule has 0 saturated heterocycles. The monoisotopic (exact) mass is 179 g/mol. The maximum atomic E-state index is 10.5. The predicted octanol–water partition coefficient (Wildman–Crippen LogP) is 0.624. The zero-order valence-corrected chi connectivity index (χ0v) is 8.14. The van der Waals surface area contributed by atoms with Crippen LogP contribution in [0.5, 0.6) is 0 Å². The Morgan fingerprint density at radius 2 is 2.00 bits per heavy atom. The van der Waals surface area contributed by atoms with Crippen molar-refractivity contribution in [2.45, 2.75) is 6.55 Å². The van der Waals surface area contributed by atoms with Crippen molar-refractivity contribution in [3.8, 4) is 0 Å². The molecule has 1 radical (unpaired) electrons. The topological polar surface area (TPSA) is 26.3 Å². The van der Waals surface area contributed by atoms with Gasteiger partial charge in [-0.3, -0.25) is 4.79 Å². The Morgan fingerprint density at radius 3 is 2.50 bits per heavy atom. The maximum Gasteiger partial charge on any atom is 0.293 e. The van der Waals surface area contributed by atoms with Crippen LogP contribution in [-0.2, 0) is 9.22 Å². The second-order valence-corrected chi connectivity index (χ2v) is 4.73. The minimum absolute atomic E-state index is 0.432. The van der Waals surface area contributed by atoms with Gasteiger partial charge in [0.05, 0.1) is 6.92 Å². The van der Waals surface area contributed by atoms with E-state index in [2.05, 4.69) is 6.92 Å². The van der Waals surface area contributed by atoms with Crippen LogP contribution in [0.2, 0.25) is 6.55 Å². The Bertz CT molecular complexity index is 258. The van der Waals surface area contributed by atoms with Gasteiger partial charge in [0.2, 0.25) is 0 Å². The molecular weight excluding hydrogens is 168 g/mol. The molecular formula is C9H11O2Si. The van der Waals surface area contributed by atoms with Gasteiger partial charge in [-0.15, -0.1) is 0 Å². The highest BCUT2D eigenvalue weighted by Gasteiger charge is 2.09. The standard InChI is InChI=1S/C9H11O2Si/c1-8(10)11-12(2)9-6-4-3-5-7-9/h3-7,12H,1H2,2H3. The molecule has 0 bridgehead atoms. The smallest absolute Gasteiger partial charge is 0.293 e. The molecule has 12 heavy (non-hydrogen) atoms. The van der Waals surface area contributed by atoms with E-state index in [4.69, 9.17) is 4.43 Å². The van der Waals surface area contributed by atoms with Crippen LogP contribution in [0.3, 0.4) is 0 Å². The summed E-state index contributed by atoms with van der Waals surface area (Å²) in [6.07, 6.45) is 0. The van der Waals surface area contributed by atoms with Gasteiger partial charge in [0.1, 0.15) is 0 Å². The van der Waals surface area contributed by atoms with Gasteiger partial charge in [-0.1, -0.05) is 30.3 Å². The van der Waals surface area contributed by atoms with E-state index >= 15 is 0 Å². The molecule has 0 N–H and O–H groups in total. The molecule has 1 rings (SSSR count). The summed E-state index contributed by atoms with van der Waals surface area (Å²) in [5, 5.41) is 1.12. The third-order valence-electron chi connectivity index (χ3n) is 1.58. The SMILES string of the molecule is [CH2]C(=O)O[SiH](C)c1ccccc1. The highest BCUT2D eigenvalue weighted by Crippen LogP contribution is 1.90. The summed E-state index contributed by atoms with van der Waals surface area (Å²) in [7, 11) is -1.53. The van der Waals surface area contributed by atoms with E-state index in [0.717, 1.165) is 5.19 Å². The minimum Gasteiger partial charge on any atom is -0.518 e. The Kier molecular flexibility index (Phi) is 3.05. The average Bonchev–Trinajstić information content (AvgIpc) is 2.05. The number of hydrogen-bond acceptors (Lipinski definition) is 2. The van der Waals surface area contributed by atoms with Crippen molar-refractivity contribution < 1.29 is 9.22 Å². The van der Waals surface area contributed by atoms with E-state index in [0.29, 0.717) is 0 Å². The minimum atomic E-state index is -1.53. The molecule has 3 heteroatoms. The van der Waals surface area contributed by atoms with E-state index in [-0.39, 0.29) is 0 Å². The van der Waals surface area contributed by atoms with Crippen LogP contribution < -0.4 is 5.19 Å². The number of carbonyl (C=O) groups is 1. The van der Waals surface area contributed by atoms with Crippen LogP contribution in [0.4, 0.5) is 0 Å². The molecule has 63 valence electrons. The summed E-state index contributed by atoms with van der Waals surface area (Å²) in [5.41, 5.74) is 0. The number of benzene rings is 1. The molecule has 0 aliphatic carbocycles. The van der Waals surface area contributed by atoms with Crippen molar-refractivity contribution in [1.29, 1.82) is 0 Å². The molecule has 0 aliphatic heterocycles. The fourth-order valence-corrected chi connectivity index (χ4v) is 2.28. The Labute approximate surface area is 73.9 Å². The van der Waals surface area contributed by atoms with E-state index < -0.39 is 15.0 Å². The predicted molar refractivity (Wildman–Crippen MR) is 50.5 cm³/mol. The highest BCUT2D eigenvalue weighted by molar-refractivity contribution is 6.67. The summed E-state index contributed by atoms with van der Waals surface area (Å²) >= 11 is 0. The lowest BCUT2D eigenvalue weighted by Gasteiger charge is -2.09. The summed E-state index contributed by atoms with van der Waals surface area (Å²) in [6, 6.07) is 9.77. The van der Waals surface area contributed by atoms with Crippen molar-refractivity contribution in [1.82, 2.24) is 0 Å². The third kappa shape index (κ3) is 2.51. The lowest BCUT2D eigenvalue weighted by molar-refractivity contribution is -0.129. The quantitative estimate of drug-likeness (QED) is 0.622. The zero-order chi connectivity index (χ0) is 8.97. The van der Waals surface area contributed by atoms with Crippen molar-refractivity contribution in [2.24, 2.45) is 0 Å². The molecule has 1 aromatic rings. The molecule has 0 aliphatic rings. The van der Waals surface area contributed by atoms with E-state index in [9.17, 15) is 4.79 Å². The van der Waals surface area contributed by atoms with Gasteiger partial charge in [-0.25, -0.2) is 0 Å². The van der Waals surface area contributed by atoms with Crippen LogP contribution in [0.25, 0.3) is 0 Å². The summed E-state index contributed by atoms with van der Waals surface area (Å²) < 4.78 is 5.03. The van der Waals surface area contributed by atoms with Crippen LogP contribution in [0, 0.1) is 6.92 Å². The van der Waals surface area contributed by atoms with Crippen molar-refractivity contribution in [3.05, 3.63) is 37.3 Å². The summed E-state index contributed by atoms with van der Waals surface area (Å²) in [6.45, 7) is 5.13. The number of rotatable bonds is 2. The van der Waals surface area contributed by atoms with Gasteiger partial charge < -0.3 is 4.43 Å². The third-order valence-corrected chi connectivity index (χ3v) is 3.52. The highest BCUT2D eigenvalue weighted by atomic mass is 28.3. The van der Waals surface area contributed by atoms with Gasteiger partial charge in [-0.2, -0.15) is 0 Å². The van der Waals surface area contributed by atoms with Gasteiger partial charge >= 0.3 is 0 Å². The second kappa shape index (κ2) is 4.06. The largest absolute Gasteiger partial charge is 0.518 e. The van der Waals surface area contributed by atoms with E-state index in [1.807, 2.05) is 36.9 Å².